The molecule has 0 fully saturated rings. The molecule has 0 radical (unpaired) electrons. The first-order valence-corrected chi connectivity index (χ1v) is 3.60. The molecule has 0 aliphatic carbocycles. The number of benzene rings is 1. The molecule has 0 bridgehead atoms. The monoisotopic (exact) mass is 166 g/mol. The number of aryl methyl sites for hydroxylation is 2. The minimum absolute atomic E-state index is 0.232. The lowest BCUT2D eigenvalue weighted by atomic mass is 10.1. The molecular formula is C10H14O2. The van der Waals surface area contributed by atoms with Gasteiger partial charge in [0.15, 0.2) is 0 Å². The van der Waals surface area contributed by atoms with Crippen LogP contribution in [-0.4, -0.2) is 10.2 Å². The average Bonchev–Trinajstić information content (AvgIpc) is 2.05. The lowest BCUT2D eigenvalue weighted by Crippen LogP contribution is -1.78. The Kier molecular flexibility index (Phi) is 3.91. The summed E-state index contributed by atoms with van der Waals surface area (Å²) in [4.78, 5) is 0. The van der Waals surface area contributed by atoms with Gasteiger partial charge in [0.05, 0.1) is 0 Å². The molecule has 2 N–H and O–H groups in total. The van der Waals surface area contributed by atoms with Crippen LogP contribution in [0.1, 0.15) is 11.1 Å². The van der Waals surface area contributed by atoms with Crippen molar-refractivity contribution in [2.45, 2.75) is 13.8 Å². The predicted molar refractivity (Wildman–Crippen MR) is 50.5 cm³/mol. The quantitative estimate of drug-likeness (QED) is 0.459. The lowest BCUT2D eigenvalue weighted by Gasteiger charge is -2.01. The molecule has 2 heteroatoms. The topological polar surface area (TPSA) is 40.5 Å². The summed E-state index contributed by atoms with van der Waals surface area (Å²) < 4.78 is 0. The number of phenolic OH excluding ortho intramolecular Hbond substituents is 2. The van der Waals surface area contributed by atoms with Crippen molar-refractivity contribution in [1.82, 2.24) is 0 Å². The normalized spacial score (nSPS) is 8.50. The van der Waals surface area contributed by atoms with Crippen molar-refractivity contribution in [3.05, 3.63) is 36.4 Å². The van der Waals surface area contributed by atoms with E-state index in [4.69, 9.17) is 10.2 Å². The highest BCUT2D eigenvalue weighted by atomic mass is 16.3. The Hall–Kier alpha value is -1.44. The molecule has 12 heavy (non-hydrogen) atoms. The van der Waals surface area contributed by atoms with Gasteiger partial charge < -0.3 is 10.2 Å². The first-order valence-electron chi connectivity index (χ1n) is 3.60. The summed E-state index contributed by atoms with van der Waals surface area (Å²) in [5.74, 6) is 0.464. The van der Waals surface area contributed by atoms with Gasteiger partial charge in [-0.05, 0) is 37.1 Å². The second-order valence-corrected chi connectivity index (χ2v) is 2.43. The Morgan fingerprint density at radius 1 is 0.917 bits per heavy atom. The fraction of sp³-hybridized carbons (Fsp3) is 0.200. The van der Waals surface area contributed by atoms with E-state index in [1.807, 2.05) is 0 Å². The van der Waals surface area contributed by atoms with Gasteiger partial charge in [-0.15, -0.1) is 13.2 Å². The summed E-state index contributed by atoms with van der Waals surface area (Å²) in [5.41, 5.74) is 1.39. The first-order chi connectivity index (χ1) is 5.61. The third kappa shape index (κ3) is 2.31. The van der Waals surface area contributed by atoms with E-state index in [-0.39, 0.29) is 11.5 Å². The first kappa shape index (κ1) is 10.6. The van der Waals surface area contributed by atoms with Gasteiger partial charge in [-0.3, -0.25) is 0 Å². The van der Waals surface area contributed by atoms with E-state index in [1.165, 1.54) is 0 Å². The predicted octanol–water partition coefficient (Wildman–Crippen LogP) is 2.52. The van der Waals surface area contributed by atoms with Crippen molar-refractivity contribution in [1.29, 1.82) is 0 Å². The van der Waals surface area contributed by atoms with Crippen molar-refractivity contribution in [2.24, 2.45) is 0 Å². The number of aromatic hydroxyl groups is 2. The Balaban J connectivity index is 0.000000561. The molecule has 0 atom stereocenters. The number of phenols is 2. The summed E-state index contributed by atoms with van der Waals surface area (Å²) in [6, 6.07) is 3.09. The van der Waals surface area contributed by atoms with Gasteiger partial charge in [-0.25, -0.2) is 0 Å². The van der Waals surface area contributed by atoms with Crippen LogP contribution >= 0.6 is 0 Å². The molecule has 0 heterocycles. The molecule has 0 saturated heterocycles. The third-order valence-corrected chi connectivity index (χ3v) is 1.51. The minimum Gasteiger partial charge on any atom is -0.508 e. The van der Waals surface area contributed by atoms with Crippen LogP contribution in [0.4, 0.5) is 0 Å². The van der Waals surface area contributed by atoms with Crippen LogP contribution in [0.25, 0.3) is 0 Å². The molecule has 66 valence electrons. The van der Waals surface area contributed by atoms with E-state index >= 15 is 0 Å². The van der Waals surface area contributed by atoms with Gasteiger partial charge in [0.2, 0.25) is 0 Å². The highest BCUT2D eigenvalue weighted by molar-refractivity contribution is 5.43. The molecule has 1 aromatic carbocycles. The lowest BCUT2D eigenvalue weighted by molar-refractivity contribution is 0.453. The van der Waals surface area contributed by atoms with Crippen molar-refractivity contribution in [3.8, 4) is 11.5 Å². The summed E-state index contributed by atoms with van der Waals surface area (Å²) >= 11 is 0. The van der Waals surface area contributed by atoms with E-state index in [1.54, 1.807) is 26.0 Å². The molecule has 0 aliphatic heterocycles. The zero-order valence-corrected chi connectivity index (χ0v) is 7.46. The van der Waals surface area contributed by atoms with Crippen LogP contribution in [0.2, 0.25) is 0 Å². The SMILES string of the molecule is C=C.Cc1cc(O)c(C)cc1O. The molecule has 1 aromatic rings. The fourth-order valence-electron chi connectivity index (χ4n) is 0.786. The van der Waals surface area contributed by atoms with Crippen LogP contribution < -0.4 is 0 Å². The smallest absolute Gasteiger partial charge is 0.119 e. The van der Waals surface area contributed by atoms with Gasteiger partial charge >= 0.3 is 0 Å². The molecule has 0 spiro atoms. The van der Waals surface area contributed by atoms with E-state index < -0.39 is 0 Å². The Morgan fingerprint density at radius 2 is 1.17 bits per heavy atom. The van der Waals surface area contributed by atoms with E-state index in [0.29, 0.717) is 11.1 Å². The van der Waals surface area contributed by atoms with Crippen molar-refractivity contribution < 1.29 is 10.2 Å². The van der Waals surface area contributed by atoms with Crippen LogP contribution in [0, 0.1) is 13.8 Å². The van der Waals surface area contributed by atoms with Crippen LogP contribution in [0.15, 0.2) is 25.3 Å². The maximum Gasteiger partial charge on any atom is 0.119 e. The van der Waals surface area contributed by atoms with E-state index in [9.17, 15) is 0 Å². The summed E-state index contributed by atoms with van der Waals surface area (Å²) in [6.07, 6.45) is 0. The zero-order chi connectivity index (χ0) is 9.72. The van der Waals surface area contributed by atoms with Crippen molar-refractivity contribution >= 4 is 0 Å². The summed E-state index contributed by atoms with van der Waals surface area (Å²) in [6.45, 7) is 9.49. The zero-order valence-electron chi connectivity index (χ0n) is 7.46. The standard InChI is InChI=1S/C8H10O2.C2H4/c1-5-3-8(10)6(2)4-7(5)9;1-2/h3-4,9-10H,1-2H3;1-2H2. The summed E-state index contributed by atoms with van der Waals surface area (Å²) in [5, 5.41) is 18.2. The van der Waals surface area contributed by atoms with Gasteiger partial charge in [-0.2, -0.15) is 0 Å². The number of hydrogen-bond donors (Lipinski definition) is 2. The van der Waals surface area contributed by atoms with Gasteiger partial charge in [0.1, 0.15) is 11.5 Å². The molecule has 0 amide bonds. The van der Waals surface area contributed by atoms with E-state index in [2.05, 4.69) is 13.2 Å². The highest BCUT2D eigenvalue weighted by Crippen LogP contribution is 2.24. The van der Waals surface area contributed by atoms with Crippen molar-refractivity contribution in [3.63, 3.8) is 0 Å². The molecular weight excluding hydrogens is 152 g/mol. The molecule has 0 aliphatic rings. The fourth-order valence-corrected chi connectivity index (χ4v) is 0.786. The largest absolute Gasteiger partial charge is 0.508 e. The van der Waals surface area contributed by atoms with Gasteiger partial charge in [-0.1, -0.05) is 0 Å². The van der Waals surface area contributed by atoms with Crippen LogP contribution in [0.5, 0.6) is 11.5 Å². The Bertz CT molecular complexity index is 217. The van der Waals surface area contributed by atoms with Gasteiger partial charge in [0.25, 0.3) is 0 Å². The van der Waals surface area contributed by atoms with Gasteiger partial charge in [0, 0.05) is 0 Å². The molecule has 0 aromatic heterocycles. The minimum atomic E-state index is 0.232. The van der Waals surface area contributed by atoms with Crippen LogP contribution in [0.3, 0.4) is 0 Å². The molecule has 1 rings (SSSR count). The maximum atomic E-state index is 9.11. The summed E-state index contributed by atoms with van der Waals surface area (Å²) in [7, 11) is 0. The molecule has 2 nitrogen and oxygen atoms in total. The third-order valence-electron chi connectivity index (χ3n) is 1.51. The Morgan fingerprint density at radius 3 is 1.42 bits per heavy atom. The second-order valence-electron chi connectivity index (χ2n) is 2.43. The number of rotatable bonds is 0. The highest BCUT2D eigenvalue weighted by Gasteiger charge is 1.99. The molecule has 0 unspecified atom stereocenters. The second kappa shape index (κ2) is 4.44. The van der Waals surface area contributed by atoms with E-state index in [0.717, 1.165) is 0 Å². The maximum absolute atomic E-state index is 9.11. The average molecular weight is 166 g/mol. The molecule has 0 saturated carbocycles. The van der Waals surface area contributed by atoms with Crippen LogP contribution in [-0.2, 0) is 0 Å². The number of hydrogen-bond acceptors (Lipinski definition) is 2. The Labute approximate surface area is 72.8 Å². The van der Waals surface area contributed by atoms with Crippen molar-refractivity contribution in [2.75, 3.05) is 0 Å².